The molecule has 0 bridgehead atoms. The molecule has 0 aromatic heterocycles. The highest BCUT2D eigenvalue weighted by Gasteiger charge is 2.42. The summed E-state index contributed by atoms with van der Waals surface area (Å²) in [6.45, 7) is 0. The molecular formula is C19H20FNO3S. The van der Waals surface area contributed by atoms with Crippen LogP contribution in [0, 0.1) is 5.82 Å². The highest BCUT2D eigenvalue weighted by atomic mass is 32.2. The van der Waals surface area contributed by atoms with Crippen molar-refractivity contribution in [3.8, 4) is 0 Å². The molecule has 4 nitrogen and oxygen atoms in total. The zero-order valence-electron chi connectivity index (χ0n) is 14.0. The molecule has 1 fully saturated rings. The van der Waals surface area contributed by atoms with Crippen LogP contribution in [0.5, 0.6) is 0 Å². The van der Waals surface area contributed by atoms with Gasteiger partial charge in [0.05, 0.1) is 10.3 Å². The maximum absolute atomic E-state index is 13.2. The fourth-order valence-corrected chi connectivity index (χ4v) is 4.12. The molecule has 2 aromatic rings. The number of benzene rings is 2. The molecule has 6 heteroatoms. The van der Waals surface area contributed by atoms with E-state index in [2.05, 4.69) is 5.32 Å². The standard InChI is InChI=1S/C19H20FNO3S/c1-25(23,24)17-6-4-5-16(13-17)21-18(22)19(11-2-3-12-19)14-7-9-15(20)10-8-14/h4-10,13H,2-3,11-12H2,1H3,(H,21,22). The minimum Gasteiger partial charge on any atom is -0.325 e. The smallest absolute Gasteiger partial charge is 0.235 e. The number of nitrogens with one attached hydrogen (secondary N) is 1. The predicted molar refractivity (Wildman–Crippen MR) is 94.7 cm³/mol. The summed E-state index contributed by atoms with van der Waals surface area (Å²) >= 11 is 0. The normalized spacial score (nSPS) is 16.6. The number of carbonyl (C=O) groups is 1. The van der Waals surface area contributed by atoms with Gasteiger partial charge >= 0.3 is 0 Å². The van der Waals surface area contributed by atoms with E-state index in [1.807, 2.05) is 0 Å². The molecule has 0 heterocycles. The number of sulfone groups is 1. The van der Waals surface area contributed by atoms with Crippen LogP contribution >= 0.6 is 0 Å². The summed E-state index contributed by atoms with van der Waals surface area (Å²) in [5.41, 5.74) is 0.541. The molecule has 3 rings (SSSR count). The van der Waals surface area contributed by atoms with Gasteiger partial charge in [-0.25, -0.2) is 12.8 Å². The zero-order valence-corrected chi connectivity index (χ0v) is 14.8. The van der Waals surface area contributed by atoms with Crippen molar-refractivity contribution in [2.45, 2.75) is 36.0 Å². The van der Waals surface area contributed by atoms with Crippen LogP contribution in [0.4, 0.5) is 10.1 Å². The van der Waals surface area contributed by atoms with Crippen molar-refractivity contribution in [3.63, 3.8) is 0 Å². The molecule has 0 saturated heterocycles. The lowest BCUT2D eigenvalue weighted by Gasteiger charge is -2.28. The van der Waals surface area contributed by atoms with Crippen molar-refractivity contribution in [1.29, 1.82) is 0 Å². The van der Waals surface area contributed by atoms with Crippen molar-refractivity contribution in [1.82, 2.24) is 0 Å². The van der Waals surface area contributed by atoms with E-state index in [0.717, 1.165) is 24.7 Å². The van der Waals surface area contributed by atoms with Crippen LogP contribution in [0.2, 0.25) is 0 Å². The van der Waals surface area contributed by atoms with Gasteiger partial charge in [-0.2, -0.15) is 0 Å². The van der Waals surface area contributed by atoms with Gasteiger partial charge in [0.25, 0.3) is 0 Å². The summed E-state index contributed by atoms with van der Waals surface area (Å²) in [6, 6.07) is 12.3. The molecule has 1 aliphatic rings. The average molecular weight is 361 g/mol. The Kier molecular flexibility index (Phi) is 4.64. The number of rotatable bonds is 4. The highest BCUT2D eigenvalue weighted by molar-refractivity contribution is 7.90. The molecule has 0 aliphatic heterocycles. The second-order valence-corrected chi connectivity index (χ2v) is 8.57. The average Bonchev–Trinajstić information content (AvgIpc) is 3.06. The van der Waals surface area contributed by atoms with Gasteiger partial charge in [0.2, 0.25) is 5.91 Å². The molecule has 1 N–H and O–H groups in total. The second kappa shape index (κ2) is 6.59. The highest BCUT2D eigenvalue weighted by Crippen LogP contribution is 2.42. The van der Waals surface area contributed by atoms with Gasteiger partial charge in [0.1, 0.15) is 5.82 Å². The summed E-state index contributed by atoms with van der Waals surface area (Å²) in [7, 11) is -3.35. The SMILES string of the molecule is CS(=O)(=O)c1cccc(NC(=O)C2(c3ccc(F)cc3)CCCC2)c1. The predicted octanol–water partition coefficient (Wildman–Crippen LogP) is 3.68. The van der Waals surface area contributed by atoms with Crippen LogP contribution in [0.25, 0.3) is 0 Å². The van der Waals surface area contributed by atoms with Crippen LogP contribution in [-0.2, 0) is 20.0 Å². The van der Waals surface area contributed by atoms with E-state index in [0.29, 0.717) is 18.5 Å². The number of halogens is 1. The quantitative estimate of drug-likeness (QED) is 0.903. The van der Waals surface area contributed by atoms with Gasteiger partial charge in [-0.05, 0) is 48.7 Å². The molecule has 0 atom stereocenters. The third kappa shape index (κ3) is 3.58. The van der Waals surface area contributed by atoms with Crippen molar-refractivity contribution in [3.05, 3.63) is 59.9 Å². The Labute approximate surface area is 147 Å². The third-order valence-corrected chi connectivity index (χ3v) is 5.92. The summed E-state index contributed by atoms with van der Waals surface area (Å²) in [4.78, 5) is 13.2. The molecular weight excluding hydrogens is 341 g/mol. The Bertz CT molecular complexity index is 885. The number of amides is 1. The first-order valence-corrected chi connectivity index (χ1v) is 10.1. The van der Waals surface area contributed by atoms with Crippen LogP contribution in [0.1, 0.15) is 31.2 Å². The first kappa shape index (κ1) is 17.6. The van der Waals surface area contributed by atoms with Gasteiger partial charge < -0.3 is 5.32 Å². The van der Waals surface area contributed by atoms with E-state index in [9.17, 15) is 17.6 Å². The number of anilines is 1. The minimum atomic E-state index is -3.35. The van der Waals surface area contributed by atoms with Gasteiger partial charge in [-0.1, -0.05) is 31.0 Å². The second-order valence-electron chi connectivity index (χ2n) is 6.55. The lowest BCUT2D eigenvalue weighted by Crippen LogP contribution is -2.38. The molecule has 0 radical (unpaired) electrons. The van der Waals surface area contributed by atoms with E-state index < -0.39 is 15.3 Å². The minimum absolute atomic E-state index is 0.160. The molecule has 0 spiro atoms. The first-order valence-electron chi connectivity index (χ1n) is 8.19. The van der Waals surface area contributed by atoms with Gasteiger partial charge in [-0.3, -0.25) is 4.79 Å². The molecule has 132 valence electrons. The Morgan fingerprint density at radius 2 is 1.72 bits per heavy atom. The summed E-state index contributed by atoms with van der Waals surface area (Å²) in [6.07, 6.45) is 4.36. The van der Waals surface area contributed by atoms with E-state index in [1.165, 1.54) is 24.3 Å². The van der Waals surface area contributed by atoms with E-state index in [1.54, 1.807) is 24.3 Å². The molecule has 25 heavy (non-hydrogen) atoms. The van der Waals surface area contributed by atoms with Crippen molar-refractivity contribution in [2.24, 2.45) is 0 Å². The summed E-state index contributed by atoms with van der Waals surface area (Å²) in [5, 5.41) is 2.85. The maximum Gasteiger partial charge on any atom is 0.235 e. The molecule has 2 aromatic carbocycles. The Morgan fingerprint density at radius 3 is 2.32 bits per heavy atom. The van der Waals surface area contributed by atoms with Crippen LogP contribution < -0.4 is 5.32 Å². The summed E-state index contributed by atoms with van der Waals surface area (Å²) < 4.78 is 36.6. The molecule has 0 unspecified atom stereocenters. The van der Waals surface area contributed by atoms with Crippen molar-refractivity contribution in [2.75, 3.05) is 11.6 Å². The number of hydrogen-bond donors (Lipinski definition) is 1. The zero-order chi connectivity index (χ0) is 18.1. The topological polar surface area (TPSA) is 63.2 Å². The maximum atomic E-state index is 13.2. The first-order chi connectivity index (χ1) is 11.8. The van der Waals surface area contributed by atoms with Gasteiger partial charge in [0, 0.05) is 11.9 Å². The van der Waals surface area contributed by atoms with Gasteiger partial charge in [-0.15, -0.1) is 0 Å². The third-order valence-electron chi connectivity index (χ3n) is 4.81. The van der Waals surface area contributed by atoms with Crippen LogP contribution in [0.3, 0.4) is 0 Å². The Morgan fingerprint density at radius 1 is 1.08 bits per heavy atom. The Balaban J connectivity index is 1.91. The van der Waals surface area contributed by atoms with Crippen molar-refractivity contribution >= 4 is 21.4 Å². The lowest BCUT2D eigenvalue weighted by molar-refractivity contribution is -0.121. The molecule has 1 aliphatic carbocycles. The van der Waals surface area contributed by atoms with Crippen LogP contribution in [0.15, 0.2) is 53.4 Å². The largest absolute Gasteiger partial charge is 0.325 e. The molecule has 1 amide bonds. The fourth-order valence-electron chi connectivity index (χ4n) is 3.45. The number of hydrogen-bond acceptors (Lipinski definition) is 3. The summed E-state index contributed by atoms with van der Waals surface area (Å²) in [5.74, 6) is -0.514. The van der Waals surface area contributed by atoms with E-state index >= 15 is 0 Å². The van der Waals surface area contributed by atoms with E-state index in [4.69, 9.17) is 0 Å². The van der Waals surface area contributed by atoms with Crippen LogP contribution in [-0.4, -0.2) is 20.6 Å². The monoisotopic (exact) mass is 361 g/mol. The lowest BCUT2D eigenvalue weighted by atomic mass is 9.78. The van der Waals surface area contributed by atoms with Gasteiger partial charge in [0.15, 0.2) is 9.84 Å². The number of carbonyl (C=O) groups excluding carboxylic acids is 1. The van der Waals surface area contributed by atoms with Crippen molar-refractivity contribution < 1.29 is 17.6 Å². The van der Waals surface area contributed by atoms with E-state index in [-0.39, 0.29) is 16.6 Å². The Hall–Kier alpha value is -2.21. The molecule has 1 saturated carbocycles. The fraction of sp³-hybridized carbons (Fsp3) is 0.316.